The van der Waals surface area contributed by atoms with E-state index in [9.17, 15) is 28.2 Å². The average molecular weight is 701 g/mol. The number of aliphatic hydroxyl groups is 2. The monoisotopic (exact) mass is 700 g/mol. The summed E-state index contributed by atoms with van der Waals surface area (Å²) in [5, 5.41) is 23.9. The Labute approximate surface area is 287 Å². The molecular weight excluding hydrogens is 656 g/mol. The predicted octanol–water partition coefficient (Wildman–Crippen LogP) is 3.51. The number of nitrogens with one attached hydrogen (secondary N) is 1. The van der Waals surface area contributed by atoms with E-state index in [1.807, 2.05) is 24.3 Å². The molecule has 0 spiro atoms. The molecule has 0 unspecified atom stereocenters. The fourth-order valence-electron chi connectivity index (χ4n) is 6.98. The molecular formula is C35H45ClN4O7S. The lowest BCUT2D eigenvalue weighted by atomic mass is 9.70. The lowest BCUT2D eigenvalue weighted by Crippen LogP contribution is -2.55. The van der Waals surface area contributed by atoms with Gasteiger partial charge in [0, 0.05) is 44.8 Å². The summed E-state index contributed by atoms with van der Waals surface area (Å²) in [6, 6.07) is 10.6. The van der Waals surface area contributed by atoms with Crippen LogP contribution in [0.25, 0.3) is 0 Å². The number of fused-ring (bicyclic) bond motifs is 3. The number of aliphatic hydroxyl groups excluding tert-OH is 1. The van der Waals surface area contributed by atoms with Crippen LogP contribution in [0.15, 0.2) is 48.6 Å². The standard InChI is InChI=1S/C35H45ClN4O7S/c1-38-15-4-3-8-31(41)29-13-10-25(29)22-39-16-5-2-7-24-19-28(36)12-9-26(24)23-47-32-14-11-27(20-30(32)39)35(44,21-33(38)42)34(43)37-48(45,46)40-17-6-18-40/h3,8-9,11-12,14,19-20,25,29,31,41,44H,2,4-7,10,13,15-18,21-23H2,1H3,(H,37,43)/b8-3+/t25-,29+,31-,35+/m0/s1. The van der Waals surface area contributed by atoms with E-state index in [1.54, 1.807) is 25.3 Å². The first-order valence-electron chi connectivity index (χ1n) is 16.9. The van der Waals surface area contributed by atoms with Crippen molar-refractivity contribution in [2.45, 2.75) is 69.7 Å². The van der Waals surface area contributed by atoms with Gasteiger partial charge in [0.15, 0.2) is 5.60 Å². The molecule has 3 heterocycles. The van der Waals surface area contributed by atoms with E-state index >= 15 is 0 Å². The van der Waals surface area contributed by atoms with Crippen LogP contribution in [-0.4, -0.2) is 85.5 Å². The van der Waals surface area contributed by atoms with Gasteiger partial charge in [0.05, 0.1) is 18.2 Å². The molecule has 2 bridgehead atoms. The average Bonchev–Trinajstić information content (AvgIpc) is 3.02. The summed E-state index contributed by atoms with van der Waals surface area (Å²) in [6.07, 6.45) is 7.92. The van der Waals surface area contributed by atoms with Crippen molar-refractivity contribution >= 4 is 39.3 Å². The largest absolute Gasteiger partial charge is 0.487 e. The van der Waals surface area contributed by atoms with E-state index in [0.29, 0.717) is 48.9 Å². The third kappa shape index (κ3) is 7.38. The Morgan fingerprint density at radius 1 is 1.04 bits per heavy atom. The molecule has 11 nitrogen and oxygen atoms in total. The minimum atomic E-state index is -4.21. The molecule has 48 heavy (non-hydrogen) atoms. The maximum atomic E-state index is 13.9. The number of rotatable bonds is 3. The molecule has 4 aliphatic rings. The molecule has 3 aliphatic heterocycles. The van der Waals surface area contributed by atoms with Gasteiger partial charge in [-0.15, -0.1) is 0 Å². The number of hydrogen-bond acceptors (Lipinski definition) is 8. The molecule has 1 saturated carbocycles. The molecule has 3 N–H and O–H groups in total. The van der Waals surface area contributed by atoms with Crippen LogP contribution in [0.3, 0.4) is 0 Å². The third-order valence-corrected chi connectivity index (χ3v) is 12.1. The minimum absolute atomic E-state index is 0.0695. The first-order chi connectivity index (χ1) is 22.9. The fraction of sp³-hybridized carbons (Fsp3) is 0.543. The highest BCUT2D eigenvalue weighted by Gasteiger charge is 2.45. The van der Waals surface area contributed by atoms with Crippen LogP contribution in [-0.2, 0) is 38.4 Å². The number of ether oxygens (including phenoxy) is 1. The van der Waals surface area contributed by atoms with Gasteiger partial charge in [-0.1, -0.05) is 35.9 Å². The molecule has 6 rings (SSSR count). The summed E-state index contributed by atoms with van der Waals surface area (Å²) in [5.74, 6) is -0.926. The van der Waals surface area contributed by atoms with E-state index in [1.165, 1.54) is 11.0 Å². The topological polar surface area (TPSA) is 140 Å². The van der Waals surface area contributed by atoms with Crippen molar-refractivity contribution in [3.63, 3.8) is 0 Å². The number of carbonyl (C=O) groups is 2. The van der Waals surface area contributed by atoms with Crippen molar-refractivity contribution in [3.05, 3.63) is 70.3 Å². The lowest BCUT2D eigenvalue weighted by Gasteiger charge is -2.43. The van der Waals surface area contributed by atoms with E-state index < -0.39 is 40.1 Å². The smallest absolute Gasteiger partial charge is 0.303 e. The normalized spacial score (nSPS) is 28.0. The van der Waals surface area contributed by atoms with E-state index in [-0.39, 0.29) is 37.1 Å². The van der Waals surface area contributed by atoms with Gasteiger partial charge in [0.1, 0.15) is 12.4 Å². The summed E-state index contributed by atoms with van der Waals surface area (Å²) < 4.78 is 35.6. The first-order valence-corrected chi connectivity index (χ1v) is 18.7. The number of anilines is 1. The molecule has 2 aromatic rings. The van der Waals surface area contributed by atoms with Crippen molar-refractivity contribution in [1.82, 2.24) is 13.9 Å². The Hall–Kier alpha value is -3.16. The maximum Gasteiger partial charge on any atom is 0.303 e. The van der Waals surface area contributed by atoms with Gasteiger partial charge in [-0.3, -0.25) is 9.59 Å². The molecule has 0 aromatic heterocycles. The highest BCUT2D eigenvalue weighted by Crippen LogP contribution is 2.42. The Balaban J connectivity index is 1.43. The minimum Gasteiger partial charge on any atom is -0.487 e. The molecule has 2 fully saturated rings. The van der Waals surface area contributed by atoms with Crippen molar-refractivity contribution in [2.75, 3.05) is 44.7 Å². The molecule has 1 saturated heterocycles. The number of amides is 2. The predicted molar refractivity (Wildman–Crippen MR) is 183 cm³/mol. The summed E-state index contributed by atoms with van der Waals surface area (Å²) in [5.41, 5.74) is 0.344. The van der Waals surface area contributed by atoms with Crippen molar-refractivity contribution in [1.29, 1.82) is 0 Å². The van der Waals surface area contributed by atoms with E-state index in [0.717, 1.165) is 47.5 Å². The number of aryl methyl sites for hydroxylation is 1. The van der Waals surface area contributed by atoms with Crippen molar-refractivity contribution in [2.24, 2.45) is 11.8 Å². The van der Waals surface area contributed by atoms with Gasteiger partial charge >= 0.3 is 10.2 Å². The van der Waals surface area contributed by atoms with Crippen LogP contribution in [0.2, 0.25) is 5.02 Å². The second kappa shape index (κ2) is 14.4. The van der Waals surface area contributed by atoms with Gasteiger partial charge in [-0.05, 0) is 97.7 Å². The van der Waals surface area contributed by atoms with Crippen LogP contribution in [0.5, 0.6) is 5.75 Å². The zero-order valence-electron chi connectivity index (χ0n) is 27.3. The van der Waals surface area contributed by atoms with E-state index in [2.05, 4.69) is 9.62 Å². The van der Waals surface area contributed by atoms with Gasteiger partial charge in [0.2, 0.25) is 5.91 Å². The van der Waals surface area contributed by atoms with Crippen LogP contribution >= 0.6 is 11.6 Å². The summed E-state index contributed by atoms with van der Waals surface area (Å²) in [6.45, 7) is 2.36. The Morgan fingerprint density at radius 3 is 2.58 bits per heavy atom. The van der Waals surface area contributed by atoms with Crippen molar-refractivity contribution < 1.29 is 33.0 Å². The Bertz CT molecular complexity index is 1670. The van der Waals surface area contributed by atoms with Crippen LogP contribution in [0, 0.1) is 11.8 Å². The molecule has 13 heteroatoms. The molecule has 2 amide bonds. The SMILES string of the molecule is CN1CC/C=C/[C@H](O)[C@@H]2CC[C@H]2CN2CCCCc3cc(Cl)ccc3COc3ccc(cc32)[C@@](O)(C(=O)NS(=O)(=O)N2CCC2)CC1=O. The molecule has 2 aromatic carbocycles. The number of nitrogens with zero attached hydrogens (tertiary/aromatic N) is 3. The number of halogens is 1. The van der Waals surface area contributed by atoms with Crippen LogP contribution in [0.1, 0.15) is 61.6 Å². The Morgan fingerprint density at radius 2 is 1.85 bits per heavy atom. The van der Waals surface area contributed by atoms with Gasteiger partial charge < -0.3 is 24.7 Å². The van der Waals surface area contributed by atoms with Gasteiger partial charge in [0.25, 0.3) is 5.91 Å². The molecule has 0 radical (unpaired) electrons. The summed E-state index contributed by atoms with van der Waals surface area (Å²) >= 11 is 6.34. The number of benzene rings is 2. The fourth-order valence-corrected chi connectivity index (χ4v) is 8.45. The quantitative estimate of drug-likeness (QED) is 0.414. The zero-order chi connectivity index (χ0) is 34.1. The zero-order valence-corrected chi connectivity index (χ0v) is 28.9. The number of carbonyl (C=O) groups excluding carboxylic acids is 2. The summed E-state index contributed by atoms with van der Waals surface area (Å²) in [7, 11) is -2.64. The Kier molecular flexibility index (Phi) is 10.4. The second-order valence-electron chi connectivity index (χ2n) is 13.5. The highest BCUT2D eigenvalue weighted by molar-refractivity contribution is 7.87. The first kappa shape index (κ1) is 34.7. The molecule has 4 atom stereocenters. The third-order valence-electron chi connectivity index (χ3n) is 10.4. The number of hydrogen-bond donors (Lipinski definition) is 3. The van der Waals surface area contributed by atoms with Gasteiger partial charge in [-0.2, -0.15) is 12.7 Å². The van der Waals surface area contributed by atoms with Gasteiger partial charge in [-0.25, -0.2) is 4.72 Å². The second-order valence-corrected chi connectivity index (χ2v) is 15.6. The van der Waals surface area contributed by atoms with Crippen molar-refractivity contribution in [3.8, 4) is 5.75 Å². The molecule has 260 valence electrons. The van der Waals surface area contributed by atoms with Crippen LogP contribution in [0.4, 0.5) is 5.69 Å². The summed E-state index contributed by atoms with van der Waals surface area (Å²) in [4.78, 5) is 31.0. The lowest BCUT2D eigenvalue weighted by molar-refractivity contribution is -0.148. The van der Waals surface area contributed by atoms with E-state index in [4.69, 9.17) is 16.3 Å². The molecule has 1 aliphatic carbocycles. The highest BCUT2D eigenvalue weighted by atomic mass is 35.5. The maximum absolute atomic E-state index is 13.9. The van der Waals surface area contributed by atoms with Crippen LogP contribution < -0.4 is 14.4 Å².